The second-order valence-corrected chi connectivity index (χ2v) is 9.13. The topological polar surface area (TPSA) is 100 Å². The van der Waals surface area contributed by atoms with Gasteiger partial charge in [0.05, 0.1) is 23.7 Å². The zero-order valence-electron chi connectivity index (χ0n) is 14.5. The summed E-state index contributed by atoms with van der Waals surface area (Å²) in [5.74, 6) is -0.998. The molecule has 0 bridgehead atoms. The number of thiophene rings is 1. The van der Waals surface area contributed by atoms with Crippen LogP contribution in [0.3, 0.4) is 0 Å². The van der Waals surface area contributed by atoms with E-state index in [-0.39, 0.29) is 27.8 Å². The Morgan fingerprint density at radius 2 is 2.11 bits per heavy atom. The molecule has 0 spiro atoms. The highest BCUT2D eigenvalue weighted by atomic mass is 32.2. The minimum absolute atomic E-state index is 0.0267. The maximum atomic E-state index is 12.6. The predicted octanol–water partition coefficient (Wildman–Crippen LogP) is 1.76. The quantitative estimate of drug-likeness (QED) is 0.616. The molecular formula is C17H15N3O5S2. The van der Waals surface area contributed by atoms with Crippen LogP contribution in [-0.4, -0.2) is 35.3 Å². The van der Waals surface area contributed by atoms with Crippen LogP contribution in [0.1, 0.15) is 23.0 Å². The molecule has 0 amide bonds. The molecule has 4 rings (SSSR count). The number of carbonyl (C=O) groups excluding carboxylic acids is 1. The number of hydrogen-bond acceptors (Lipinski definition) is 7. The number of ether oxygens (including phenoxy) is 1. The highest BCUT2D eigenvalue weighted by Crippen LogP contribution is 2.43. The molecule has 8 nitrogen and oxygen atoms in total. The van der Waals surface area contributed by atoms with Crippen molar-refractivity contribution in [3.05, 3.63) is 51.4 Å². The van der Waals surface area contributed by atoms with Crippen LogP contribution in [0.5, 0.6) is 0 Å². The van der Waals surface area contributed by atoms with Crippen molar-refractivity contribution in [1.29, 1.82) is 0 Å². The van der Waals surface area contributed by atoms with Crippen LogP contribution >= 0.6 is 11.3 Å². The molecule has 0 aliphatic carbocycles. The van der Waals surface area contributed by atoms with E-state index in [1.165, 1.54) is 15.3 Å². The number of fused-ring (bicyclic) bond motifs is 3. The molecule has 10 heteroatoms. The van der Waals surface area contributed by atoms with E-state index in [4.69, 9.17) is 4.74 Å². The van der Waals surface area contributed by atoms with E-state index < -0.39 is 15.8 Å². The third-order valence-corrected chi connectivity index (χ3v) is 7.48. The van der Waals surface area contributed by atoms with Gasteiger partial charge in [-0.3, -0.25) is 4.79 Å². The monoisotopic (exact) mass is 405 g/mol. The number of carbonyl (C=O) groups is 1. The van der Waals surface area contributed by atoms with E-state index in [2.05, 4.69) is 5.10 Å². The molecule has 0 atom stereocenters. The van der Waals surface area contributed by atoms with Crippen molar-refractivity contribution in [2.45, 2.75) is 16.9 Å². The number of pyridine rings is 1. The van der Waals surface area contributed by atoms with Crippen LogP contribution in [0.15, 0.2) is 38.8 Å². The minimum atomic E-state index is -3.56. The summed E-state index contributed by atoms with van der Waals surface area (Å²) in [4.78, 5) is 24.1. The van der Waals surface area contributed by atoms with Gasteiger partial charge in [-0.05, 0) is 24.4 Å². The second kappa shape index (κ2) is 6.17. The minimum Gasteiger partial charge on any atom is -0.461 e. The van der Waals surface area contributed by atoms with Crippen LogP contribution in [0.2, 0.25) is 0 Å². The van der Waals surface area contributed by atoms with Crippen molar-refractivity contribution in [3.8, 4) is 16.9 Å². The Morgan fingerprint density at radius 3 is 2.81 bits per heavy atom. The van der Waals surface area contributed by atoms with Gasteiger partial charge in [0, 0.05) is 30.4 Å². The molecule has 1 aliphatic heterocycles. The van der Waals surface area contributed by atoms with Crippen molar-refractivity contribution in [2.24, 2.45) is 7.05 Å². The maximum absolute atomic E-state index is 12.6. The Balaban J connectivity index is 2.04. The van der Waals surface area contributed by atoms with E-state index in [0.29, 0.717) is 22.5 Å². The van der Waals surface area contributed by atoms with Gasteiger partial charge in [-0.1, -0.05) is 0 Å². The SMILES string of the molecule is CCOC(=O)c1nn(-c2ccc(=O)n(C)c2)c2c1CS(=O)(=O)c1sccc1-2. The van der Waals surface area contributed by atoms with Crippen molar-refractivity contribution >= 4 is 27.1 Å². The molecule has 27 heavy (non-hydrogen) atoms. The summed E-state index contributed by atoms with van der Waals surface area (Å²) in [7, 11) is -1.96. The lowest BCUT2D eigenvalue weighted by molar-refractivity contribution is 0.0518. The molecule has 0 fully saturated rings. The molecule has 4 heterocycles. The first-order chi connectivity index (χ1) is 12.8. The van der Waals surface area contributed by atoms with E-state index >= 15 is 0 Å². The van der Waals surface area contributed by atoms with Crippen molar-refractivity contribution in [2.75, 3.05) is 6.61 Å². The van der Waals surface area contributed by atoms with E-state index in [9.17, 15) is 18.0 Å². The number of sulfone groups is 1. The summed E-state index contributed by atoms with van der Waals surface area (Å²) in [6.45, 7) is 1.82. The number of aryl methyl sites for hydroxylation is 1. The average Bonchev–Trinajstić information content (AvgIpc) is 3.22. The van der Waals surface area contributed by atoms with Gasteiger partial charge in [0.25, 0.3) is 0 Å². The van der Waals surface area contributed by atoms with Gasteiger partial charge in [-0.25, -0.2) is 17.9 Å². The summed E-state index contributed by atoms with van der Waals surface area (Å²) < 4.78 is 33.5. The summed E-state index contributed by atoms with van der Waals surface area (Å²) in [6.07, 6.45) is 1.58. The fourth-order valence-electron chi connectivity index (χ4n) is 3.09. The Hall–Kier alpha value is -2.72. The first kappa shape index (κ1) is 17.7. The van der Waals surface area contributed by atoms with Gasteiger partial charge in [0.1, 0.15) is 4.21 Å². The Bertz CT molecular complexity index is 1230. The number of aromatic nitrogens is 3. The van der Waals surface area contributed by atoms with E-state index in [0.717, 1.165) is 11.3 Å². The van der Waals surface area contributed by atoms with Gasteiger partial charge in [-0.2, -0.15) is 5.10 Å². The molecule has 1 aliphatic rings. The molecule has 0 N–H and O–H groups in total. The Labute approximate surface area is 158 Å². The average molecular weight is 405 g/mol. The maximum Gasteiger partial charge on any atom is 0.359 e. The zero-order valence-corrected chi connectivity index (χ0v) is 16.1. The highest BCUT2D eigenvalue weighted by Gasteiger charge is 2.37. The van der Waals surface area contributed by atoms with Crippen molar-refractivity contribution < 1.29 is 17.9 Å². The first-order valence-corrected chi connectivity index (χ1v) is 10.6. The molecular weight excluding hydrogens is 390 g/mol. The van der Waals surface area contributed by atoms with Gasteiger partial charge in [0.2, 0.25) is 5.56 Å². The molecule has 3 aromatic heterocycles. The van der Waals surface area contributed by atoms with Crippen LogP contribution in [0, 0.1) is 0 Å². The molecule has 140 valence electrons. The lowest BCUT2D eigenvalue weighted by atomic mass is 10.1. The highest BCUT2D eigenvalue weighted by molar-refractivity contribution is 7.93. The number of rotatable bonds is 3. The fraction of sp³-hybridized carbons (Fsp3) is 0.235. The van der Waals surface area contributed by atoms with Gasteiger partial charge in [-0.15, -0.1) is 11.3 Å². The van der Waals surface area contributed by atoms with E-state index in [1.54, 1.807) is 37.7 Å². The largest absolute Gasteiger partial charge is 0.461 e. The predicted molar refractivity (Wildman–Crippen MR) is 99.0 cm³/mol. The summed E-state index contributed by atoms with van der Waals surface area (Å²) >= 11 is 1.13. The second-order valence-electron chi connectivity index (χ2n) is 6.03. The fourth-order valence-corrected chi connectivity index (χ4v) is 5.92. The summed E-state index contributed by atoms with van der Waals surface area (Å²) in [6, 6.07) is 4.67. The zero-order chi connectivity index (χ0) is 19.3. The molecule has 0 aromatic carbocycles. The van der Waals surface area contributed by atoms with Crippen molar-refractivity contribution in [1.82, 2.24) is 14.3 Å². The summed E-state index contributed by atoms with van der Waals surface area (Å²) in [5.41, 5.74) is 1.67. The molecule has 0 radical (unpaired) electrons. The molecule has 3 aromatic rings. The third kappa shape index (κ3) is 2.72. The van der Waals surface area contributed by atoms with Crippen LogP contribution < -0.4 is 5.56 Å². The molecule has 0 unspecified atom stereocenters. The Kier molecular flexibility index (Phi) is 4.04. The van der Waals surface area contributed by atoms with Crippen molar-refractivity contribution in [3.63, 3.8) is 0 Å². The standard InChI is InChI=1S/C17H15N3O5S2/c1-3-25-16(22)14-12-9-27(23,24)17-11(6-7-26-17)15(12)20(18-14)10-4-5-13(21)19(2)8-10/h4-8H,3,9H2,1-2H3. The van der Waals surface area contributed by atoms with Crippen LogP contribution in [-0.2, 0) is 27.4 Å². The van der Waals surface area contributed by atoms with Gasteiger partial charge < -0.3 is 9.30 Å². The van der Waals surface area contributed by atoms with Crippen LogP contribution in [0.25, 0.3) is 16.9 Å². The lowest BCUT2D eigenvalue weighted by Crippen LogP contribution is -2.17. The molecule has 0 saturated heterocycles. The van der Waals surface area contributed by atoms with Gasteiger partial charge in [0.15, 0.2) is 15.5 Å². The smallest absolute Gasteiger partial charge is 0.359 e. The normalized spacial score (nSPS) is 14.4. The number of esters is 1. The van der Waals surface area contributed by atoms with Gasteiger partial charge >= 0.3 is 5.97 Å². The number of hydrogen-bond donors (Lipinski definition) is 0. The number of nitrogens with zero attached hydrogens (tertiary/aromatic N) is 3. The Morgan fingerprint density at radius 1 is 1.33 bits per heavy atom. The van der Waals surface area contributed by atoms with E-state index in [1.807, 2.05) is 0 Å². The first-order valence-electron chi connectivity index (χ1n) is 8.10. The summed E-state index contributed by atoms with van der Waals surface area (Å²) in [5, 5.41) is 6.06. The van der Waals surface area contributed by atoms with Crippen LogP contribution in [0.4, 0.5) is 0 Å². The third-order valence-electron chi connectivity index (χ3n) is 4.27. The molecule has 0 saturated carbocycles. The lowest BCUT2D eigenvalue weighted by Gasteiger charge is -2.16.